The predicted octanol–water partition coefficient (Wildman–Crippen LogP) is 3.68. The first-order valence-corrected chi connectivity index (χ1v) is 8.87. The Balaban J connectivity index is 0.00000225. The average molecular weight is 359 g/mol. The summed E-state index contributed by atoms with van der Waals surface area (Å²) in [5.74, 6) is 0.774. The van der Waals surface area contributed by atoms with Gasteiger partial charge in [-0.3, -0.25) is 4.79 Å². The molecule has 1 atom stereocenters. The molecule has 1 unspecified atom stereocenters. The summed E-state index contributed by atoms with van der Waals surface area (Å²) in [6.07, 6.45) is 2.68. The van der Waals surface area contributed by atoms with E-state index in [4.69, 9.17) is 0 Å². The highest BCUT2D eigenvalue weighted by molar-refractivity contribution is 5.85. The topological polar surface area (TPSA) is 32.3 Å². The van der Waals surface area contributed by atoms with Gasteiger partial charge in [-0.05, 0) is 43.0 Å². The van der Waals surface area contributed by atoms with Gasteiger partial charge in [0.1, 0.15) is 0 Å². The zero-order valence-corrected chi connectivity index (χ0v) is 15.4. The van der Waals surface area contributed by atoms with Gasteiger partial charge in [0.2, 0.25) is 5.91 Å². The van der Waals surface area contributed by atoms with Crippen LogP contribution in [0.25, 0.3) is 0 Å². The first kappa shape index (κ1) is 19.5. The molecule has 0 spiro atoms. The van der Waals surface area contributed by atoms with Crippen molar-refractivity contribution in [3.8, 4) is 0 Å². The maximum atomic E-state index is 12.8. The molecule has 0 saturated carbocycles. The minimum atomic E-state index is 0. The Bertz CT molecular complexity index is 627. The smallest absolute Gasteiger partial charge is 0.223 e. The zero-order chi connectivity index (χ0) is 16.6. The Morgan fingerprint density at radius 1 is 1.00 bits per heavy atom. The van der Waals surface area contributed by atoms with Crippen molar-refractivity contribution in [2.45, 2.75) is 25.8 Å². The first-order valence-electron chi connectivity index (χ1n) is 8.87. The normalized spacial score (nSPS) is 16.2. The predicted molar refractivity (Wildman–Crippen MR) is 105 cm³/mol. The largest absolute Gasteiger partial charge is 0.338 e. The van der Waals surface area contributed by atoms with Crippen LogP contribution in [0.2, 0.25) is 0 Å². The Morgan fingerprint density at radius 2 is 1.64 bits per heavy atom. The van der Waals surface area contributed by atoms with E-state index in [1.807, 2.05) is 29.2 Å². The van der Waals surface area contributed by atoms with Crippen LogP contribution in [-0.4, -0.2) is 30.4 Å². The maximum Gasteiger partial charge on any atom is 0.223 e. The van der Waals surface area contributed by atoms with E-state index in [9.17, 15) is 4.79 Å². The minimum absolute atomic E-state index is 0. The quantitative estimate of drug-likeness (QED) is 0.818. The minimum Gasteiger partial charge on any atom is -0.338 e. The van der Waals surface area contributed by atoms with Gasteiger partial charge in [-0.25, -0.2) is 0 Å². The third-order valence-corrected chi connectivity index (χ3v) is 4.71. The number of carbonyl (C=O) groups excluding carboxylic acids is 1. The lowest BCUT2D eigenvalue weighted by Crippen LogP contribution is -2.34. The summed E-state index contributed by atoms with van der Waals surface area (Å²) in [6, 6.07) is 20.7. The number of rotatable bonds is 7. The molecule has 0 bridgehead atoms. The van der Waals surface area contributed by atoms with Gasteiger partial charge in [0.05, 0.1) is 0 Å². The number of amides is 1. The van der Waals surface area contributed by atoms with Crippen LogP contribution in [0.15, 0.2) is 60.7 Å². The highest BCUT2D eigenvalue weighted by Crippen LogP contribution is 2.16. The fourth-order valence-electron chi connectivity index (χ4n) is 3.27. The molecule has 1 aliphatic rings. The van der Waals surface area contributed by atoms with Crippen molar-refractivity contribution in [2.24, 2.45) is 5.92 Å². The standard InChI is InChI=1S/C21H26N2O.ClH/c24-21(15-20-11-13-22-16-20)23(17-19-9-5-2-6-10-19)14-12-18-7-3-1-4-8-18;/h1-10,20,22H,11-17H2;1H. The Kier molecular flexibility index (Phi) is 7.96. The van der Waals surface area contributed by atoms with Crippen molar-refractivity contribution in [2.75, 3.05) is 19.6 Å². The lowest BCUT2D eigenvalue weighted by Gasteiger charge is -2.24. The summed E-state index contributed by atoms with van der Waals surface area (Å²) < 4.78 is 0. The molecule has 1 heterocycles. The average Bonchev–Trinajstić information content (AvgIpc) is 3.13. The molecule has 1 fully saturated rings. The van der Waals surface area contributed by atoms with Crippen LogP contribution in [0.5, 0.6) is 0 Å². The zero-order valence-electron chi connectivity index (χ0n) is 14.6. The van der Waals surface area contributed by atoms with Crippen LogP contribution in [0.3, 0.4) is 0 Å². The number of halogens is 1. The second-order valence-corrected chi connectivity index (χ2v) is 6.60. The number of hydrogen-bond donors (Lipinski definition) is 1. The molecule has 1 aliphatic heterocycles. The van der Waals surface area contributed by atoms with E-state index in [2.05, 4.69) is 41.7 Å². The molecule has 2 aromatic rings. The number of nitrogens with one attached hydrogen (secondary N) is 1. The SMILES string of the molecule is Cl.O=C(CC1CCNC1)N(CCc1ccccc1)Cc1ccccc1. The van der Waals surface area contributed by atoms with E-state index in [0.29, 0.717) is 18.9 Å². The summed E-state index contributed by atoms with van der Waals surface area (Å²) in [6.45, 7) is 3.49. The summed E-state index contributed by atoms with van der Waals surface area (Å²) >= 11 is 0. The van der Waals surface area contributed by atoms with Crippen LogP contribution in [-0.2, 0) is 17.8 Å². The Morgan fingerprint density at radius 3 is 2.24 bits per heavy atom. The van der Waals surface area contributed by atoms with Crippen molar-refractivity contribution < 1.29 is 4.79 Å². The van der Waals surface area contributed by atoms with Gasteiger partial charge in [0, 0.05) is 19.5 Å². The lowest BCUT2D eigenvalue weighted by atomic mass is 10.0. The van der Waals surface area contributed by atoms with Crippen LogP contribution in [0, 0.1) is 5.92 Å². The number of benzene rings is 2. The van der Waals surface area contributed by atoms with Gasteiger partial charge in [-0.1, -0.05) is 60.7 Å². The number of hydrogen-bond acceptors (Lipinski definition) is 2. The van der Waals surface area contributed by atoms with E-state index >= 15 is 0 Å². The van der Waals surface area contributed by atoms with E-state index in [1.165, 1.54) is 11.1 Å². The van der Waals surface area contributed by atoms with Crippen LogP contribution >= 0.6 is 12.4 Å². The van der Waals surface area contributed by atoms with Crippen LogP contribution in [0.1, 0.15) is 24.0 Å². The molecule has 1 saturated heterocycles. The molecule has 0 radical (unpaired) electrons. The van der Waals surface area contributed by atoms with E-state index in [-0.39, 0.29) is 18.3 Å². The fraction of sp³-hybridized carbons (Fsp3) is 0.381. The molecule has 25 heavy (non-hydrogen) atoms. The lowest BCUT2D eigenvalue weighted by molar-refractivity contribution is -0.132. The second kappa shape index (κ2) is 10.2. The number of nitrogens with zero attached hydrogens (tertiary/aromatic N) is 1. The summed E-state index contributed by atoms with van der Waals surface area (Å²) in [5.41, 5.74) is 2.48. The summed E-state index contributed by atoms with van der Waals surface area (Å²) in [4.78, 5) is 14.9. The number of carbonyl (C=O) groups is 1. The molecular formula is C21H27ClN2O. The third-order valence-electron chi connectivity index (χ3n) is 4.71. The molecule has 1 N–H and O–H groups in total. The van der Waals surface area contributed by atoms with Gasteiger partial charge in [0.15, 0.2) is 0 Å². The second-order valence-electron chi connectivity index (χ2n) is 6.60. The van der Waals surface area contributed by atoms with Gasteiger partial charge < -0.3 is 10.2 Å². The first-order chi connectivity index (χ1) is 11.8. The molecular weight excluding hydrogens is 332 g/mol. The Hall–Kier alpha value is -1.84. The summed E-state index contributed by atoms with van der Waals surface area (Å²) in [7, 11) is 0. The molecule has 134 valence electrons. The highest BCUT2D eigenvalue weighted by Gasteiger charge is 2.22. The van der Waals surface area contributed by atoms with E-state index in [1.54, 1.807) is 0 Å². The van der Waals surface area contributed by atoms with Gasteiger partial charge in [0.25, 0.3) is 0 Å². The molecule has 0 aromatic heterocycles. The molecule has 0 aliphatic carbocycles. The van der Waals surface area contributed by atoms with E-state index < -0.39 is 0 Å². The van der Waals surface area contributed by atoms with Gasteiger partial charge >= 0.3 is 0 Å². The summed E-state index contributed by atoms with van der Waals surface area (Å²) in [5, 5.41) is 3.35. The van der Waals surface area contributed by atoms with Crippen LogP contribution < -0.4 is 5.32 Å². The monoisotopic (exact) mass is 358 g/mol. The van der Waals surface area contributed by atoms with E-state index in [0.717, 1.165) is 32.5 Å². The maximum absolute atomic E-state index is 12.8. The van der Waals surface area contributed by atoms with Gasteiger partial charge in [-0.15, -0.1) is 12.4 Å². The molecule has 3 rings (SSSR count). The molecule has 4 heteroatoms. The van der Waals surface area contributed by atoms with Crippen molar-refractivity contribution in [1.29, 1.82) is 0 Å². The van der Waals surface area contributed by atoms with Crippen molar-refractivity contribution in [3.63, 3.8) is 0 Å². The van der Waals surface area contributed by atoms with Gasteiger partial charge in [-0.2, -0.15) is 0 Å². The molecule has 3 nitrogen and oxygen atoms in total. The van der Waals surface area contributed by atoms with Crippen molar-refractivity contribution >= 4 is 18.3 Å². The highest BCUT2D eigenvalue weighted by atomic mass is 35.5. The van der Waals surface area contributed by atoms with Crippen LogP contribution in [0.4, 0.5) is 0 Å². The Labute approximate surface area is 156 Å². The van der Waals surface area contributed by atoms with Crippen molar-refractivity contribution in [1.82, 2.24) is 10.2 Å². The van der Waals surface area contributed by atoms with Crippen molar-refractivity contribution in [3.05, 3.63) is 71.8 Å². The molecule has 2 aromatic carbocycles. The molecule has 1 amide bonds. The fourth-order valence-corrected chi connectivity index (χ4v) is 3.27. The third kappa shape index (κ3) is 6.18.